The summed E-state index contributed by atoms with van der Waals surface area (Å²) in [5, 5.41) is 8.79. The van der Waals surface area contributed by atoms with Gasteiger partial charge in [-0.15, -0.1) is 0 Å². The van der Waals surface area contributed by atoms with Crippen molar-refractivity contribution in [3.63, 3.8) is 0 Å². The van der Waals surface area contributed by atoms with Crippen LogP contribution < -0.4 is 0 Å². The topological polar surface area (TPSA) is 46.3 Å². The molecule has 1 N–H and O–H groups in total. The molecule has 10 heavy (non-hydrogen) atoms. The highest BCUT2D eigenvalue weighted by atomic mass is 35.5. The van der Waals surface area contributed by atoms with Gasteiger partial charge in [0, 0.05) is 6.07 Å². The second kappa shape index (κ2) is 1.87. The average molecular weight is 176 g/mol. The molecule has 0 aliphatic heterocycles. The van der Waals surface area contributed by atoms with Crippen molar-refractivity contribution in [2.45, 2.75) is 0 Å². The van der Waals surface area contributed by atoms with Gasteiger partial charge in [0.2, 0.25) is 5.71 Å². The van der Waals surface area contributed by atoms with Crippen LogP contribution in [0.15, 0.2) is 10.5 Å². The molecule has 0 bridgehead atoms. The molecule has 0 aliphatic carbocycles. The lowest BCUT2D eigenvalue weighted by Gasteiger charge is -1.74. The number of halogens is 1. The van der Waals surface area contributed by atoms with Crippen LogP contribution in [0, 0.1) is 0 Å². The van der Waals surface area contributed by atoms with E-state index in [0.29, 0.717) is 10.2 Å². The van der Waals surface area contributed by atoms with Crippen LogP contribution >= 0.6 is 22.9 Å². The van der Waals surface area contributed by atoms with Crippen molar-refractivity contribution in [2.24, 2.45) is 0 Å². The number of furan rings is 1. The molecule has 0 saturated heterocycles. The second-order valence-electron chi connectivity index (χ2n) is 1.72. The smallest absolute Gasteiger partial charge is 0.285 e. The highest BCUT2D eigenvalue weighted by Crippen LogP contribution is 2.30. The van der Waals surface area contributed by atoms with Crippen LogP contribution in [0.25, 0.3) is 10.4 Å². The first-order valence-electron chi connectivity index (χ1n) is 2.50. The lowest BCUT2D eigenvalue weighted by atomic mass is 10.6. The summed E-state index contributed by atoms with van der Waals surface area (Å²) < 4.78 is 5.95. The Kier molecular flexibility index (Phi) is 1.12. The Bertz CT molecular complexity index is 303. The summed E-state index contributed by atoms with van der Waals surface area (Å²) in [4.78, 5) is 3.79. The van der Waals surface area contributed by atoms with Crippen LogP contribution in [0.3, 0.4) is 0 Å². The maximum absolute atomic E-state index is 8.79. The maximum atomic E-state index is 8.79. The molecule has 0 spiro atoms. The summed E-state index contributed by atoms with van der Waals surface area (Å²) in [6.07, 6.45) is 0. The Labute approximate surface area is 64.9 Å². The quantitative estimate of drug-likeness (QED) is 0.668. The first-order valence-corrected chi connectivity index (χ1v) is 3.70. The molecule has 0 aromatic carbocycles. The molecule has 0 atom stereocenters. The van der Waals surface area contributed by atoms with Gasteiger partial charge in [0.1, 0.15) is 0 Å². The fourth-order valence-corrected chi connectivity index (χ4v) is 1.67. The van der Waals surface area contributed by atoms with Crippen LogP contribution in [-0.2, 0) is 0 Å². The van der Waals surface area contributed by atoms with E-state index in [4.69, 9.17) is 21.1 Å². The van der Waals surface area contributed by atoms with Gasteiger partial charge in [0.05, 0.1) is 4.70 Å². The summed E-state index contributed by atoms with van der Waals surface area (Å²) in [7, 11) is 0. The van der Waals surface area contributed by atoms with Crippen molar-refractivity contribution in [1.29, 1.82) is 0 Å². The number of nitrogens with zero attached hydrogens (tertiary/aromatic N) is 1. The van der Waals surface area contributed by atoms with Gasteiger partial charge < -0.3 is 9.52 Å². The van der Waals surface area contributed by atoms with Crippen LogP contribution in [-0.4, -0.2) is 10.1 Å². The van der Waals surface area contributed by atoms with Crippen LogP contribution in [0.2, 0.25) is 4.47 Å². The van der Waals surface area contributed by atoms with Gasteiger partial charge in [-0.3, -0.25) is 0 Å². The Hall–Kier alpha value is -0.740. The van der Waals surface area contributed by atoms with E-state index >= 15 is 0 Å². The van der Waals surface area contributed by atoms with Gasteiger partial charge in [0.25, 0.3) is 5.95 Å². The lowest BCUT2D eigenvalue weighted by molar-refractivity contribution is 0.344. The third-order valence-electron chi connectivity index (χ3n) is 1.05. The zero-order chi connectivity index (χ0) is 7.14. The minimum Gasteiger partial charge on any atom is -0.481 e. The number of hydrogen-bond donors (Lipinski definition) is 1. The van der Waals surface area contributed by atoms with E-state index in [1.54, 1.807) is 0 Å². The molecular weight excluding hydrogens is 174 g/mol. The van der Waals surface area contributed by atoms with Crippen molar-refractivity contribution in [3.05, 3.63) is 10.5 Å². The van der Waals surface area contributed by atoms with Gasteiger partial charge >= 0.3 is 0 Å². The van der Waals surface area contributed by atoms with Crippen molar-refractivity contribution < 1.29 is 9.52 Å². The molecule has 0 radical (unpaired) electrons. The van der Waals surface area contributed by atoms with E-state index in [9.17, 15) is 0 Å². The average Bonchev–Trinajstić information content (AvgIpc) is 2.21. The summed E-state index contributed by atoms with van der Waals surface area (Å²) in [6.45, 7) is 0. The summed E-state index contributed by atoms with van der Waals surface area (Å²) in [6, 6.07) is 1.48. The number of aromatic nitrogens is 1. The molecule has 2 aromatic heterocycles. The van der Waals surface area contributed by atoms with Crippen LogP contribution in [0.4, 0.5) is 0 Å². The fourth-order valence-electron chi connectivity index (χ4n) is 0.697. The monoisotopic (exact) mass is 175 g/mol. The fraction of sp³-hybridized carbons (Fsp3) is 0. The molecule has 2 aromatic rings. The standard InChI is InChI=1S/C5H2ClNO2S/c6-5-7-4-2(10-5)1-3(8)9-4/h1,8H. The van der Waals surface area contributed by atoms with E-state index < -0.39 is 0 Å². The largest absolute Gasteiger partial charge is 0.481 e. The first kappa shape index (κ1) is 6.00. The van der Waals surface area contributed by atoms with E-state index in [2.05, 4.69) is 4.98 Å². The lowest BCUT2D eigenvalue weighted by Crippen LogP contribution is -1.56. The van der Waals surface area contributed by atoms with Crippen molar-refractivity contribution in [2.75, 3.05) is 0 Å². The van der Waals surface area contributed by atoms with Crippen molar-refractivity contribution >= 4 is 33.4 Å². The number of rotatable bonds is 0. The van der Waals surface area contributed by atoms with Crippen molar-refractivity contribution in [1.82, 2.24) is 4.98 Å². The predicted octanol–water partition coefficient (Wildman–Crippen LogP) is 2.25. The molecule has 0 saturated carbocycles. The molecule has 52 valence electrons. The molecule has 0 amide bonds. The number of thiazole rings is 1. The molecule has 3 nitrogen and oxygen atoms in total. The first-order chi connectivity index (χ1) is 4.75. The van der Waals surface area contributed by atoms with E-state index in [1.807, 2.05) is 0 Å². The molecule has 0 aliphatic rings. The molecule has 0 fully saturated rings. The predicted molar refractivity (Wildman–Crippen MR) is 38.6 cm³/mol. The highest BCUT2D eigenvalue weighted by Gasteiger charge is 2.06. The maximum Gasteiger partial charge on any atom is 0.285 e. The molecular formula is C5H2ClNO2S. The van der Waals surface area contributed by atoms with Gasteiger partial charge in [-0.2, -0.15) is 4.98 Å². The number of fused-ring (bicyclic) bond motifs is 1. The minimum absolute atomic E-state index is 0.120. The van der Waals surface area contributed by atoms with Gasteiger partial charge in [-0.05, 0) is 0 Å². The number of hydrogen-bond acceptors (Lipinski definition) is 4. The Morgan fingerprint density at radius 1 is 1.70 bits per heavy atom. The molecule has 2 heterocycles. The zero-order valence-electron chi connectivity index (χ0n) is 4.67. The van der Waals surface area contributed by atoms with E-state index in [-0.39, 0.29) is 5.95 Å². The van der Waals surface area contributed by atoms with Crippen LogP contribution in [0.5, 0.6) is 5.95 Å². The Morgan fingerprint density at radius 2 is 2.50 bits per heavy atom. The zero-order valence-corrected chi connectivity index (χ0v) is 6.24. The van der Waals surface area contributed by atoms with Crippen molar-refractivity contribution in [3.8, 4) is 5.95 Å². The molecule has 2 rings (SSSR count). The van der Waals surface area contributed by atoms with Crippen LogP contribution in [0.1, 0.15) is 0 Å². The number of aromatic hydroxyl groups is 1. The van der Waals surface area contributed by atoms with E-state index in [1.165, 1.54) is 17.4 Å². The summed E-state index contributed by atoms with van der Waals surface area (Å²) >= 11 is 6.82. The minimum atomic E-state index is -0.120. The molecule has 5 heteroatoms. The van der Waals surface area contributed by atoms with Gasteiger partial charge in [-0.1, -0.05) is 22.9 Å². The second-order valence-corrected chi connectivity index (χ2v) is 3.33. The summed E-state index contributed by atoms with van der Waals surface area (Å²) in [5.41, 5.74) is 0.396. The van der Waals surface area contributed by atoms with Gasteiger partial charge in [-0.25, -0.2) is 0 Å². The Balaban J connectivity index is 2.83. The third kappa shape index (κ3) is 0.767. The third-order valence-corrected chi connectivity index (χ3v) is 2.14. The molecule has 0 unspecified atom stereocenters. The summed E-state index contributed by atoms with van der Waals surface area (Å²) in [5.74, 6) is -0.120. The normalized spacial score (nSPS) is 10.9. The SMILES string of the molecule is Oc1cc2sc(Cl)nc2o1. The Morgan fingerprint density at radius 3 is 3.20 bits per heavy atom. The van der Waals surface area contributed by atoms with Gasteiger partial charge in [0.15, 0.2) is 4.47 Å². The van der Waals surface area contributed by atoms with E-state index in [0.717, 1.165) is 4.70 Å². The highest BCUT2D eigenvalue weighted by molar-refractivity contribution is 7.22.